The SMILES string of the molecule is C=CC(C)(C)c1cc(C2CC(c3ccc(O)cc3)=[NH+]N2C(N)=O)c(OC)cc1O. The van der Waals surface area contributed by atoms with Gasteiger partial charge >= 0.3 is 6.03 Å². The first-order valence-corrected chi connectivity index (χ1v) is 9.23. The summed E-state index contributed by atoms with van der Waals surface area (Å²) in [7, 11) is 1.51. The Bertz CT molecular complexity index is 980. The fourth-order valence-corrected chi connectivity index (χ4v) is 3.51. The third-order valence-corrected chi connectivity index (χ3v) is 5.33. The van der Waals surface area contributed by atoms with Crippen LogP contribution in [0, 0.1) is 0 Å². The minimum Gasteiger partial charge on any atom is -0.508 e. The van der Waals surface area contributed by atoms with E-state index in [-0.39, 0.29) is 11.5 Å². The lowest BCUT2D eigenvalue weighted by atomic mass is 9.82. The molecule has 7 heteroatoms. The Hall–Kier alpha value is -3.48. The van der Waals surface area contributed by atoms with Crippen LogP contribution in [0.5, 0.6) is 17.2 Å². The van der Waals surface area contributed by atoms with Gasteiger partial charge in [0.05, 0.1) is 13.5 Å². The number of allylic oxidation sites excluding steroid dienone is 1. The number of carbonyl (C=O) groups excluding carboxylic acids is 1. The number of hydrogen-bond donors (Lipinski definition) is 4. The number of aromatic hydroxyl groups is 2. The molecule has 0 radical (unpaired) electrons. The van der Waals surface area contributed by atoms with Crippen molar-refractivity contribution in [3.05, 3.63) is 65.7 Å². The molecule has 1 aliphatic heterocycles. The minimum absolute atomic E-state index is 0.0924. The maximum absolute atomic E-state index is 12.1. The number of hydrogen-bond acceptors (Lipinski definition) is 4. The van der Waals surface area contributed by atoms with Crippen LogP contribution >= 0.6 is 0 Å². The highest BCUT2D eigenvalue weighted by Crippen LogP contribution is 2.41. The quantitative estimate of drug-likeness (QED) is 0.579. The number of nitrogens with zero attached hydrogens (tertiary/aromatic N) is 1. The largest absolute Gasteiger partial charge is 0.508 e. The third-order valence-electron chi connectivity index (χ3n) is 5.33. The molecule has 7 nitrogen and oxygen atoms in total. The molecule has 5 N–H and O–H groups in total. The molecular weight excluding hydrogens is 370 g/mol. The van der Waals surface area contributed by atoms with Crippen LogP contribution in [0.15, 0.2) is 49.1 Å². The highest BCUT2D eigenvalue weighted by molar-refractivity contribution is 5.98. The normalized spacial score (nSPS) is 16.4. The molecule has 1 heterocycles. The molecule has 29 heavy (non-hydrogen) atoms. The first-order valence-electron chi connectivity index (χ1n) is 9.23. The summed E-state index contributed by atoms with van der Waals surface area (Å²) in [5.41, 5.74) is 8.15. The maximum Gasteiger partial charge on any atom is 0.368 e. The molecular formula is C22H26N3O4+. The Balaban J connectivity index is 2.09. The van der Waals surface area contributed by atoms with Crippen LogP contribution in [0.3, 0.4) is 0 Å². The van der Waals surface area contributed by atoms with Gasteiger partial charge in [-0.2, -0.15) is 0 Å². The lowest BCUT2D eigenvalue weighted by Crippen LogP contribution is -2.82. The Morgan fingerprint density at radius 1 is 1.31 bits per heavy atom. The van der Waals surface area contributed by atoms with E-state index >= 15 is 0 Å². The first-order chi connectivity index (χ1) is 13.7. The van der Waals surface area contributed by atoms with Crippen LogP contribution in [0.25, 0.3) is 0 Å². The number of primary amides is 1. The number of methoxy groups -OCH3 is 1. The average Bonchev–Trinajstić information content (AvgIpc) is 3.13. The van der Waals surface area contributed by atoms with E-state index < -0.39 is 17.5 Å². The number of hydrazine groups is 1. The molecule has 2 aromatic carbocycles. The number of amides is 2. The molecule has 3 rings (SSSR count). The standard InChI is InChI=1S/C22H25N3O4/c1-5-22(2,3)16-10-15(20(29-4)12-19(16)27)18-11-17(24-25(18)21(23)28)13-6-8-14(26)9-7-13/h5-10,12,18,26-27H,1,11H2,2-4H3,(H2,23,28)/p+1. The van der Waals surface area contributed by atoms with Crippen LogP contribution in [-0.2, 0) is 5.41 Å². The monoisotopic (exact) mass is 396 g/mol. The summed E-state index contributed by atoms with van der Waals surface area (Å²) in [6, 6.07) is 9.00. The highest BCUT2D eigenvalue weighted by Gasteiger charge is 2.40. The molecule has 0 spiro atoms. The fourth-order valence-electron chi connectivity index (χ4n) is 3.51. The van der Waals surface area contributed by atoms with Gasteiger partial charge in [0.2, 0.25) is 5.71 Å². The van der Waals surface area contributed by atoms with E-state index in [0.717, 1.165) is 16.8 Å². The zero-order valence-corrected chi connectivity index (χ0v) is 16.8. The smallest absolute Gasteiger partial charge is 0.368 e. The van der Waals surface area contributed by atoms with Gasteiger partial charge in [-0.15, -0.1) is 11.7 Å². The van der Waals surface area contributed by atoms with Gasteiger partial charge in [0, 0.05) is 28.2 Å². The molecule has 1 unspecified atom stereocenters. The lowest BCUT2D eigenvalue weighted by Gasteiger charge is -2.25. The number of nitrogens with two attached hydrogens (primary N) is 1. The molecule has 2 amide bonds. The number of phenols is 2. The second kappa shape index (κ2) is 7.50. The molecule has 1 atom stereocenters. The van der Waals surface area contributed by atoms with E-state index in [2.05, 4.69) is 11.7 Å². The number of urea groups is 1. The Morgan fingerprint density at radius 3 is 2.52 bits per heavy atom. The van der Waals surface area contributed by atoms with E-state index in [0.29, 0.717) is 17.7 Å². The van der Waals surface area contributed by atoms with Crippen molar-refractivity contribution >= 4 is 11.7 Å². The van der Waals surface area contributed by atoms with Crippen LogP contribution in [-0.4, -0.2) is 34.1 Å². The van der Waals surface area contributed by atoms with Crippen LogP contribution in [0.4, 0.5) is 4.79 Å². The van der Waals surface area contributed by atoms with Crippen LogP contribution < -0.4 is 15.6 Å². The third kappa shape index (κ3) is 3.76. The van der Waals surface area contributed by atoms with Crippen molar-refractivity contribution in [2.45, 2.75) is 31.7 Å². The second-order valence-corrected chi connectivity index (χ2v) is 7.60. The number of carbonyl (C=O) groups is 1. The predicted octanol–water partition coefficient (Wildman–Crippen LogP) is 1.88. The van der Waals surface area contributed by atoms with E-state index in [1.165, 1.54) is 12.1 Å². The molecule has 1 aliphatic rings. The number of rotatable bonds is 5. The Morgan fingerprint density at radius 2 is 1.97 bits per heavy atom. The summed E-state index contributed by atoms with van der Waals surface area (Å²) in [6.45, 7) is 7.74. The van der Waals surface area contributed by atoms with Gasteiger partial charge in [0.1, 0.15) is 23.3 Å². The summed E-state index contributed by atoms with van der Waals surface area (Å²) in [5.74, 6) is 0.707. The highest BCUT2D eigenvalue weighted by atomic mass is 16.5. The zero-order valence-electron chi connectivity index (χ0n) is 16.8. The second-order valence-electron chi connectivity index (χ2n) is 7.60. The number of nitrogens with one attached hydrogen (secondary N) is 1. The van der Waals surface area contributed by atoms with Crippen molar-refractivity contribution in [3.63, 3.8) is 0 Å². The van der Waals surface area contributed by atoms with Gasteiger partial charge in [-0.05, 0) is 30.3 Å². The summed E-state index contributed by atoms with van der Waals surface area (Å²) in [4.78, 5) is 12.1. The molecule has 0 aliphatic carbocycles. The molecule has 0 fully saturated rings. The van der Waals surface area contributed by atoms with Gasteiger partial charge in [0.25, 0.3) is 0 Å². The van der Waals surface area contributed by atoms with Crippen molar-refractivity contribution in [1.82, 2.24) is 5.01 Å². The Kier molecular flexibility index (Phi) is 5.24. The van der Waals surface area contributed by atoms with Crippen LogP contribution in [0.1, 0.15) is 43.0 Å². The van der Waals surface area contributed by atoms with E-state index in [1.807, 2.05) is 19.9 Å². The minimum atomic E-state index is -0.636. The van der Waals surface area contributed by atoms with Gasteiger partial charge in [0.15, 0.2) is 0 Å². The van der Waals surface area contributed by atoms with Crippen molar-refractivity contribution in [3.8, 4) is 17.2 Å². The van der Waals surface area contributed by atoms with Crippen molar-refractivity contribution in [2.24, 2.45) is 5.73 Å². The zero-order chi connectivity index (χ0) is 21.3. The van der Waals surface area contributed by atoms with Crippen molar-refractivity contribution in [2.75, 3.05) is 7.11 Å². The number of hydrazone groups is 1. The van der Waals surface area contributed by atoms with Crippen LogP contribution in [0.2, 0.25) is 0 Å². The average molecular weight is 396 g/mol. The number of benzene rings is 2. The first kappa shape index (κ1) is 20.3. The van der Waals surface area contributed by atoms with E-state index in [9.17, 15) is 15.0 Å². The van der Waals surface area contributed by atoms with E-state index in [4.69, 9.17) is 10.5 Å². The molecule has 0 saturated heterocycles. The molecule has 2 aromatic rings. The topological polar surface area (TPSA) is 110 Å². The van der Waals surface area contributed by atoms with Gasteiger partial charge in [-0.1, -0.05) is 24.9 Å². The molecule has 152 valence electrons. The summed E-state index contributed by atoms with van der Waals surface area (Å²) in [6.07, 6.45) is 2.22. The van der Waals surface area contributed by atoms with E-state index in [1.54, 1.807) is 36.4 Å². The van der Waals surface area contributed by atoms with Crippen molar-refractivity contribution < 1.29 is 24.8 Å². The van der Waals surface area contributed by atoms with Crippen molar-refractivity contribution in [1.29, 1.82) is 0 Å². The molecule has 0 bridgehead atoms. The maximum atomic E-state index is 12.1. The molecule has 0 saturated carbocycles. The number of ether oxygens (including phenoxy) is 1. The predicted molar refractivity (Wildman–Crippen MR) is 110 cm³/mol. The van der Waals surface area contributed by atoms with Gasteiger partial charge < -0.3 is 20.7 Å². The van der Waals surface area contributed by atoms with Gasteiger partial charge in [-0.3, -0.25) is 0 Å². The van der Waals surface area contributed by atoms with Gasteiger partial charge in [-0.25, -0.2) is 4.79 Å². The molecule has 0 aromatic heterocycles. The Labute approximate surface area is 169 Å². The fraction of sp³-hybridized carbons (Fsp3) is 0.273. The summed E-state index contributed by atoms with van der Waals surface area (Å²) in [5, 5.41) is 24.5. The lowest BCUT2D eigenvalue weighted by molar-refractivity contribution is -0.618. The summed E-state index contributed by atoms with van der Waals surface area (Å²) >= 11 is 0. The number of phenolic OH excluding ortho intramolecular Hbond substituents is 2. The summed E-state index contributed by atoms with van der Waals surface area (Å²) < 4.78 is 5.49.